The van der Waals surface area contributed by atoms with Gasteiger partial charge >= 0.3 is 0 Å². The van der Waals surface area contributed by atoms with E-state index in [4.69, 9.17) is 16.3 Å². The number of benzene rings is 1. The number of nitro groups is 1. The van der Waals surface area contributed by atoms with Gasteiger partial charge in [-0.15, -0.1) is 0 Å². The monoisotopic (exact) mass is 329 g/mol. The fraction of sp³-hybridized carbons (Fsp3) is 0.286. The molecule has 6 nitrogen and oxygen atoms in total. The molecule has 0 atom stereocenters. The predicted octanol–water partition coefficient (Wildman–Crippen LogP) is 5.02. The van der Waals surface area contributed by atoms with Gasteiger partial charge < -0.3 is 4.74 Å². The average molecular weight is 330 g/mol. The molecule has 0 aliphatic carbocycles. The van der Waals surface area contributed by atoms with E-state index >= 15 is 0 Å². The molecule has 1 aromatic carbocycles. The Morgan fingerprint density at radius 2 is 1.91 bits per heavy atom. The van der Waals surface area contributed by atoms with E-state index in [1.165, 1.54) is 18.2 Å². The third kappa shape index (κ3) is 6.01. The topological polar surface area (TPSA) is 78.2 Å². The summed E-state index contributed by atoms with van der Waals surface area (Å²) in [6.07, 6.45) is 0.849. The molecule has 120 valence electrons. The van der Waals surface area contributed by atoms with Crippen LogP contribution in [0, 0.1) is 15.9 Å². The van der Waals surface area contributed by atoms with E-state index in [-0.39, 0.29) is 16.7 Å². The highest BCUT2D eigenvalue weighted by atomic mass is 35.5. The highest BCUT2D eigenvalue weighted by molar-refractivity contribution is 6.28. The Labute approximate surface area is 133 Å². The molecule has 2 aromatic rings. The van der Waals surface area contributed by atoms with Crippen molar-refractivity contribution in [3.05, 3.63) is 51.7 Å². The van der Waals surface area contributed by atoms with E-state index in [2.05, 4.69) is 9.97 Å². The molecular weight excluding hydrogens is 313 g/mol. The van der Waals surface area contributed by atoms with Gasteiger partial charge in [0.15, 0.2) is 0 Å². The van der Waals surface area contributed by atoms with Crippen LogP contribution in [0.4, 0.5) is 10.1 Å². The zero-order chi connectivity index (χ0) is 17.1. The number of halogens is 2. The Kier molecular flexibility index (Phi) is 9.36. The van der Waals surface area contributed by atoms with E-state index in [0.29, 0.717) is 0 Å². The van der Waals surface area contributed by atoms with Crippen molar-refractivity contribution in [1.29, 1.82) is 0 Å². The molecule has 0 fully saturated rings. The molecular formula is C14H17ClFN3O3. The van der Waals surface area contributed by atoms with Gasteiger partial charge in [-0.1, -0.05) is 33.8 Å². The number of nitro benzene ring substituents is 1. The lowest BCUT2D eigenvalue weighted by Gasteiger charge is -2.04. The molecule has 0 N–H and O–H groups in total. The van der Waals surface area contributed by atoms with E-state index in [0.717, 1.165) is 12.3 Å². The predicted molar refractivity (Wildman–Crippen MR) is 82.9 cm³/mol. The van der Waals surface area contributed by atoms with Gasteiger partial charge in [-0.25, -0.2) is 4.98 Å². The highest BCUT2D eigenvalue weighted by Crippen LogP contribution is 2.25. The fourth-order valence-electron chi connectivity index (χ4n) is 1.17. The van der Waals surface area contributed by atoms with E-state index in [1.807, 2.05) is 27.7 Å². The van der Waals surface area contributed by atoms with Crippen LogP contribution in [0.3, 0.4) is 0 Å². The summed E-state index contributed by atoms with van der Waals surface area (Å²) in [5.41, 5.74) is -0.173. The maximum absolute atomic E-state index is 13.3. The fourth-order valence-corrected chi connectivity index (χ4v) is 1.30. The first-order valence-corrected chi connectivity index (χ1v) is 7.04. The Bertz CT molecular complexity index is 612. The molecule has 0 aliphatic rings. The van der Waals surface area contributed by atoms with Gasteiger partial charge in [-0.3, -0.25) is 10.1 Å². The van der Waals surface area contributed by atoms with Crippen molar-refractivity contribution in [3.63, 3.8) is 0 Å². The molecule has 1 aromatic heterocycles. The number of nitrogens with zero attached hydrogens (tertiary/aromatic N) is 3. The van der Waals surface area contributed by atoms with E-state index in [1.54, 1.807) is 0 Å². The molecule has 0 spiro atoms. The van der Waals surface area contributed by atoms with Gasteiger partial charge in [0, 0.05) is 6.07 Å². The number of ether oxygens (including phenoxy) is 1. The first-order valence-electron chi connectivity index (χ1n) is 6.66. The maximum Gasteiger partial charge on any atom is 0.273 e. The second kappa shape index (κ2) is 10.4. The summed E-state index contributed by atoms with van der Waals surface area (Å²) >= 11 is 5.49. The van der Waals surface area contributed by atoms with Crippen LogP contribution in [-0.4, -0.2) is 14.9 Å². The van der Waals surface area contributed by atoms with Gasteiger partial charge in [-0.2, -0.15) is 9.37 Å². The standard InChI is InChI=1S/C10H5ClFN3O3.2C2H6/c11-10-13-5-8(12)9(14-10)18-7-3-1-2-6(4-7)15(16)17;2*1-2/h1-5H;2*1-2H3. The lowest BCUT2D eigenvalue weighted by molar-refractivity contribution is -0.384. The van der Waals surface area contributed by atoms with Crippen molar-refractivity contribution in [1.82, 2.24) is 9.97 Å². The number of hydrogen-bond donors (Lipinski definition) is 0. The average Bonchev–Trinajstić information content (AvgIpc) is 2.55. The Hall–Kier alpha value is -2.28. The Morgan fingerprint density at radius 3 is 2.50 bits per heavy atom. The summed E-state index contributed by atoms with van der Waals surface area (Å²) in [4.78, 5) is 16.9. The third-order valence-corrected chi connectivity index (χ3v) is 2.11. The lowest BCUT2D eigenvalue weighted by atomic mass is 10.3. The third-order valence-electron chi connectivity index (χ3n) is 1.93. The van der Waals surface area contributed by atoms with Gasteiger partial charge in [0.2, 0.25) is 11.1 Å². The zero-order valence-corrected chi connectivity index (χ0v) is 13.5. The minimum atomic E-state index is -0.814. The molecule has 0 saturated heterocycles. The van der Waals surface area contributed by atoms with Crippen LogP contribution < -0.4 is 4.74 Å². The molecule has 0 radical (unpaired) electrons. The van der Waals surface area contributed by atoms with Crippen LogP contribution in [-0.2, 0) is 0 Å². The molecule has 22 heavy (non-hydrogen) atoms. The summed E-state index contributed by atoms with van der Waals surface area (Å²) in [5.74, 6) is -1.13. The minimum absolute atomic E-state index is 0.0814. The van der Waals surface area contributed by atoms with Gasteiger partial charge in [0.1, 0.15) is 5.75 Å². The Balaban J connectivity index is 0.00000102. The quantitative estimate of drug-likeness (QED) is 0.448. The summed E-state index contributed by atoms with van der Waals surface area (Å²) in [6.45, 7) is 8.00. The van der Waals surface area contributed by atoms with Gasteiger partial charge in [-0.05, 0) is 17.7 Å². The summed E-state index contributed by atoms with van der Waals surface area (Å²) in [7, 11) is 0. The van der Waals surface area contributed by atoms with Crippen LogP contribution in [0.5, 0.6) is 11.6 Å². The van der Waals surface area contributed by atoms with Crippen molar-refractivity contribution in [3.8, 4) is 11.6 Å². The normalized spacial score (nSPS) is 8.82. The Morgan fingerprint density at radius 1 is 1.27 bits per heavy atom. The zero-order valence-electron chi connectivity index (χ0n) is 12.7. The molecule has 0 bridgehead atoms. The van der Waals surface area contributed by atoms with Crippen molar-refractivity contribution in [2.75, 3.05) is 0 Å². The smallest absolute Gasteiger partial charge is 0.273 e. The SMILES string of the molecule is CC.CC.O=[N+]([O-])c1cccc(Oc2nc(Cl)ncc2F)c1. The van der Waals surface area contributed by atoms with E-state index in [9.17, 15) is 14.5 Å². The maximum atomic E-state index is 13.3. The molecule has 8 heteroatoms. The number of aromatic nitrogens is 2. The number of hydrogen-bond acceptors (Lipinski definition) is 5. The van der Waals surface area contributed by atoms with Crippen molar-refractivity contribution in [2.45, 2.75) is 27.7 Å². The molecule has 1 heterocycles. The summed E-state index contributed by atoms with van der Waals surface area (Å²) < 4.78 is 18.3. The summed E-state index contributed by atoms with van der Waals surface area (Å²) in [5, 5.41) is 10.4. The van der Waals surface area contributed by atoms with Crippen molar-refractivity contribution in [2.24, 2.45) is 0 Å². The van der Waals surface area contributed by atoms with Crippen LogP contribution in [0.2, 0.25) is 5.28 Å². The largest absolute Gasteiger partial charge is 0.436 e. The highest BCUT2D eigenvalue weighted by Gasteiger charge is 2.11. The molecule has 0 saturated carbocycles. The first kappa shape index (κ1) is 19.7. The molecule has 0 aliphatic heterocycles. The van der Waals surface area contributed by atoms with E-state index < -0.39 is 16.6 Å². The van der Waals surface area contributed by atoms with Crippen molar-refractivity contribution >= 4 is 17.3 Å². The molecule has 0 unspecified atom stereocenters. The second-order valence-corrected chi connectivity index (χ2v) is 3.49. The number of non-ortho nitro benzene ring substituents is 1. The van der Waals surface area contributed by atoms with Crippen molar-refractivity contribution < 1.29 is 14.1 Å². The number of rotatable bonds is 3. The van der Waals surface area contributed by atoms with Crippen LogP contribution >= 0.6 is 11.6 Å². The van der Waals surface area contributed by atoms with Gasteiger partial charge in [0.05, 0.1) is 17.2 Å². The second-order valence-electron chi connectivity index (χ2n) is 3.15. The van der Waals surface area contributed by atoms with Crippen LogP contribution in [0.1, 0.15) is 27.7 Å². The lowest BCUT2D eigenvalue weighted by Crippen LogP contribution is -1.95. The van der Waals surface area contributed by atoms with Crippen LogP contribution in [0.25, 0.3) is 0 Å². The minimum Gasteiger partial charge on any atom is -0.436 e. The summed E-state index contributed by atoms with van der Waals surface area (Å²) in [6, 6.07) is 5.28. The molecule has 2 rings (SSSR count). The van der Waals surface area contributed by atoms with Crippen LogP contribution in [0.15, 0.2) is 30.5 Å². The first-order chi connectivity index (χ1) is 10.6. The molecule has 0 amide bonds. The van der Waals surface area contributed by atoms with Gasteiger partial charge in [0.25, 0.3) is 11.6 Å².